The number of rotatable bonds is 6. The van der Waals surface area contributed by atoms with Crippen molar-refractivity contribution in [1.82, 2.24) is 9.47 Å². The lowest BCUT2D eigenvalue weighted by Gasteiger charge is -2.23. The highest BCUT2D eigenvalue weighted by molar-refractivity contribution is 5.96. The van der Waals surface area contributed by atoms with Gasteiger partial charge in [-0.2, -0.15) is 0 Å². The van der Waals surface area contributed by atoms with E-state index in [0.29, 0.717) is 24.0 Å². The lowest BCUT2D eigenvalue weighted by Crippen LogP contribution is -2.41. The highest BCUT2D eigenvalue weighted by Gasteiger charge is 2.30. The van der Waals surface area contributed by atoms with Gasteiger partial charge in [-0.3, -0.25) is 9.59 Å². The van der Waals surface area contributed by atoms with Gasteiger partial charge in [0.1, 0.15) is 5.69 Å². The van der Waals surface area contributed by atoms with Crippen molar-refractivity contribution in [3.63, 3.8) is 0 Å². The second-order valence-electron chi connectivity index (χ2n) is 5.84. The van der Waals surface area contributed by atoms with Crippen LogP contribution in [0.5, 0.6) is 0 Å². The van der Waals surface area contributed by atoms with Crippen LogP contribution in [0.4, 0.5) is 5.69 Å². The number of hydrogen-bond acceptors (Lipinski definition) is 3. The minimum atomic E-state index is -0.503. The SMILES string of the molecule is CC(C)CN(CC(N)=O)C(=O)c1cc(N)cn1C1CC1. The Hall–Kier alpha value is -1.98. The van der Waals surface area contributed by atoms with Crippen LogP contribution in [0.3, 0.4) is 0 Å². The van der Waals surface area contributed by atoms with Gasteiger partial charge in [-0.1, -0.05) is 13.8 Å². The molecule has 1 aliphatic carbocycles. The summed E-state index contributed by atoms with van der Waals surface area (Å²) in [6.45, 7) is 4.43. The summed E-state index contributed by atoms with van der Waals surface area (Å²) in [4.78, 5) is 25.3. The number of hydrogen-bond donors (Lipinski definition) is 2. The number of amides is 2. The van der Waals surface area contributed by atoms with Gasteiger partial charge in [0, 0.05) is 18.8 Å². The molecule has 1 aromatic rings. The largest absolute Gasteiger partial charge is 0.397 e. The van der Waals surface area contributed by atoms with E-state index in [1.807, 2.05) is 18.4 Å². The Morgan fingerprint density at radius 3 is 2.60 bits per heavy atom. The van der Waals surface area contributed by atoms with E-state index in [-0.39, 0.29) is 18.4 Å². The highest BCUT2D eigenvalue weighted by Crippen LogP contribution is 2.37. The van der Waals surface area contributed by atoms with Gasteiger partial charge in [0.15, 0.2) is 0 Å². The molecule has 6 heteroatoms. The van der Waals surface area contributed by atoms with E-state index in [9.17, 15) is 9.59 Å². The van der Waals surface area contributed by atoms with E-state index in [2.05, 4.69) is 0 Å². The van der Waals surface area contributed by atoms with Crippen LogP contribution in [0.2, 0.25) is 0 Å². The predicted octanol–water partition coefficient (Wildman–Crippen LogP) is 0.989. The summed E-state index contributed by atoms with van der Waals surface area (Å²) in [6.07, 6.45) is 3.92. The van der Waals surface area contributed by atoms with E-state index in [0.717, 1.165) is 12.8 Å². The zero-order valence-electron chi connectivity index (χ0n) is 12.0. The average molecular weight is 278 g/mol. The molecule has 6 nitrogen and oxygen atoms in total. The molecule has 0 radical (unpaired) electrons. The number of anilines is 1. The molecule has 0 saturated heterocycles. The molecule has 1 saturated carbocycles. The summed E-state index contributed by atoms with van der Waals surface area (Å²) >= 11 is 0. The van der Waals surface area contributed by atoms with E-state index in [1.54, 1.807) is 12.3 Å². The molecular weight excluding hydrogens is 256 g/mol. The molecule has 1 heterocycles. The van der Waals surface area contributed by atoms with Crippen molar-refractivity contribution < 1.29 is 9.59 Å². The molecule has 0 atom stereocenters. The minimum Gasteiger partial charge on any atom is -0.397 e. The van der Waals surface area contributed by atoms with Crippen molar-refractivity contribution >= 4 is 17.5 Å². The van der Waals surface area contributed by atoms with Gasteiger partial charge in [0.05, 0.1) is 12.2 Å². The van der Waals surface area contributed by atoms with Gasteiger partial charge in [0.2, 0.25) is 5.91 Å². The number of carbonyl (C=O) groups is 2. The predicted molar refractivity (Wildman–Crippen MR) is 77.1 cm³/mol. The highest BCUT2D eigenvalue weighted by atomic mass is 16.2. The Morgan fingerprint density at radius 2 is 2.10 bits per heavy atom. The number of nitrogens with two attached hydrogens (primary N) is 2. The molecule has 1 aromatic heterocycles. The molecule has 20 heavy (non-hydrogen) atoms. The third kappa shape index (κ3) is 3.31. The summed E-state index contributed by atoms with van der Waals surface area (Å²) in [5.41, 5.74) is 12.2. The van der Waals surface area contributed by atoms with Crippen LogP contribution in [0.15, 0.2) is 12.3 Å². The minimum absolute atomic E-state index is 0.0627. The first-order valence-electron chi connectivity index (χ1n) is 6.93. The van der Waals surface area contributed by atoms with Crippen LogP contribution in [-0.2, 0) is 4.79 Å². The van der Waals surface area contributed by atoms with Crippen LogP contribution in [0, 0.1) is 5.92 Å². The molecule has 1 fully saturated rings. The summed E-state index contributed by atoms with van der Waals surface area (Å²) in [5, 5.41) is 0. The summed E-state index contributed by atoms with van der Waals surface area (Å²) in [7, 11) is 0. The normalized spacial score (nSPS) is 14.6. The molecule has 0 unspecified atom stereocenters. The topological polar surface area (TPSA) is 94.3 Å². The van der Waals surface area contributed by atoms with E-state index in [4.69, 9.17) is 11.5 Å². The number of primary amides is 1. The third-order valence-electron chi connectivity index (χ3n) is 3.25. The first-order valence-corrected chi connectivity index (χ1v) is 6.93. The van der Waals surface area contributed by atoms with Gasteiger partial charge in [-0.15, -0.1) is 0 Å². The lowest BCUT2D eigenvalue weighted by molar-refractivity contribution is -0.118. The third-order valence-corrected chi connectivity index (χ3v) is 3.25. The number of nitrogen functional groups attached to an aromatic ring is 1. The fraction of sp³-hybridized carbons (Fsp3) is 0.571. The fourth-order valence-electron chi connectivity index (χ4n) is 2.34. The van der Waals surface area contributed by atoms with Crippen molar-refractivity contribution in [3.8, 4) is 0 Å². The van der Waals surface area contributed by atoms with E-state index in [1.165, 1.54) is 4.90 Å². The van der Waals surface area contributed by atoms with Crippen molar-refractivity contribution in [2.45, 2.75) is 32.7 Å². The van der Waals surface area contributed by atoms with Crippen LogP contribution in [-0.4, -0.2) is 34.4 Å². The van der Waals surface area contributed by atoms with Crippen molar-refractivity contribution in [1.29, 1.82) is 0 Å². The fourth-order valence-corrected chi connectivity index (χ4v) is 2.34. The monoisotopic (exact) mass is 278 g/mol. The van der Waals surface area contributed by atoms with Gasteiger partial charge in [-0.05, 0) is 24.8 Å². The van der Waals surface area contributed by atoms with Gasteiger partial charge < -0.3 is 20.9 Å². The quantitative estimate of drug-likeness (QED) is 0.812. The molecule has 2 rings (SSSR count). The summed E-state index contributed by atoms with van der Waals surface area (Å²) in [5.74, 6) is -0.419. The first-order chi connectivity index (χ1) is 9.38. The molecule has 0 aliphatic heterocycles. The maximum Gasteiger partial charge on any atom is 0.271 e. The number of carbonyl (C=O) groups excluding carboxylic acids is 2. The zero-order chi connectivity index (χ0) is 14.9. The van der Waals surface area contributed by atoms with Gasteiger partial charge in [-0.25, -0.2) is 0 Å². The van der Waals surface area contributed by atoms with Crippen molar-refractivity contribution in [3.05, 3.63) is 18.0 Å². The maximum atomic E-state index is 12.6. The zero-order valence-corrected chi connectivity index (χ0v) is 12.0. The molecule has 0 spiro atoms. The molecule has 2 amide bonds. The van der Waals surface area contributed by atoms with Gasteiger partial charge in [0.25, 0.3) is 5.91 Å². The van der Waals surface area contributed by atoms with E-state index < -0.39 is 5.91 Å². The van der Waals surface area contributed by atoms with E-state index >= 15 is 0 Å². The van der Waals surface area contributed by atoms with Crippen LogP contribution >= 0.6 is 0 Å². The molecule has 1 aliphatic rings. The molecule has 4 N–H and O–H groups in total. The second kappa shape index (κ2) is 5.56. The van der Waals surface area contributed by atoms with Crippen molar-refractivity contribution in [2.24, 2.45) is 11.7 Å². The van der Waals surface area contributed by atoms with Crippen molar-refractivity contribution in [2.75, 3.05) is 18.8 Å². The second-order valence-corrected chi connectivity index (χ2v) is 5.84. The van der Waals surface area contributed by atoms with Crippen LogP contribution in [0.1, 0.15) is 43.2 Å². The maximum absolute atomic E-state index is 12.6. The average Bonchev–Trinajstić information content (AvgIpc) is 3.09. The molecule has 110 valence electrons. The standard InChI is InChI=1S/C14H22N4O2/c1-9(2)6-17(8-13(16)19)14(20)12-5-10(15)7-18(12)11-3-4-11/h5,7,9,11H,3-4,6,8,15H2,1-2H3,(H2,16,19). The Morgan fingerprint density at radius 1 is 1.45 bits per heavy atom. The number of nitrogens with zero attached hydrogens (tertiary/aromatic N) is 2. The van der Waals surface area contributed by atoms with Gasteiger partial charge >= 0.3 is 0 Å². The lowest BCUT2D eigenvalue weighted by atomic mass is 10.2. The molecule has 0 bridgehead atoms. The molecular formula is C14H22N4O2. The Bertz CT molecular complexity index is 517. The summed E-state index contributed by atoms with van der Waals surface area (Å²) < 4.78 is 1.92. The Kier molecular flexibility index (Phi) is 4.01. The summed E-state index contributed by atoms with van der Waals surface area (Å²) in [6, 6.07) is 2.04. The van der Waals surface area contributed by atoms with Crippen LogP contribution < -0.4 is 11.5 Å². The first kappa shape index (κ1) is 14.4. The molecule has 0 aromatic carbocycles. The Labute approximate surface area is 118 Å². The number of aromatic nitrogens is 1. The van der Waals surface area contributed by atoms with Crippen LogP contribution in [0.25, 0.3) is 0 Å². The Balaban J connectivity index is 2.23. The smallest absolute Gasteiger partial charge is 0.271 e.